The second-order valence-electron chi connectivity index (χ2n) is 5.33. The summed E-state index contributed by atoms with van der Waals surface area (Å²) in [6, 6.07) is 5.47. The predicted molar refractivity (Wildman–Crippen MR) is 83.3 cm³/mol. The Balaban J connectivity index is 1.72. The molecule has 120 valence electrons. The SMILES string of the molecule is O=C(CS(=O)CC(=O)NC1CCCC1)Nc1ccc(F)cc1. The van der Waals surface area contributed by atoms with Crippen LogP contribution in [0.2, 0.25) is 0 Å². The van der Waals surface area contributed by atoms with E-state index in [4.69, 9.17) is 0 Å². The van der Waals surface area contributed by atoms with E-state index < -0.39 is 22.5 Å². The molecular formula is C15H19FN2O3S. The van der Waals surface area contributed by atoms with E-state index in [0.717, 1.165) is 25.7 Å². The summed E-state index contributed by atoms with van der Waals surface area (Å²) in [5.41, 5.74) is 0.429. The molecule has 1 unspecified atom stereocenters. The molecule has 1 aliphatic rings. The average Bonchev–Trinajstić information content (AvgIpc) is 2.93. The van der Waals surface area contributed by atoms with Gasteiger partial charge in [-0.2, -0.15) is 0 Å². The second-order valence-corrected chi connectivity index (χ2v) is 6.79. The van der Waals surface area contributed by atoms with Crippen LogP contribution in [0.4, 0.5) is 10.1 Å². The van der Waals surface area contributed by atoms with Gasteiger partial charge in [0.05, 0.1) is 0 Å². The van der Waals surface area contributed by atoms with Crippen molar-refractivity contribution in [3.8, 4) is 0 Å². The Morgan fingerprint density at radius 3 is 2.32 bits per heavy atom. The van der Waals surface area contributed by atoms with Crippen LogP contribution in [-0.4, -0.2) is 33.6 Å². The largest absolute Gasteiger partial charge is 0.353 e. The molecule has 1 atom stereocenters. The normalized spacial score (nSPS) is 16.2. The van der Waals surface area contributed by atoms with Crippen LogP contribution in [0.5, 0.6) is 0 Å². The number of benzene rings is 1. The zero-order valence-electron chi connectivity index (χ0n) is 12.1. The van der Waals surface area contributed by atoms with E-state index in [1.165, 1.54) is 24.3 Å². The van der Waals surface area contributed by atoms with Gasteiger partial charge in [0.15, 0.2) is 0 Å². The molecule has 1 aromatic carbocycles. The van der Waals surface area contributed by atoms with Gasteiger partial charge in [0, 0.05) is 22.5 Å². The first kappa shape index (κ1) is 16.6. The molecule has 2 rings (SSSR count). The molecule has 7 heteroatoms. The molecule has 0 bridgehead atoms. The summed E-state index contributed by atoms with van der Waals surface area (Å²) in [6.45, 7) is 0. The Hall–Kier alpha value is -1.76. The van der Waals surface area contributed by atoms with Crippen LogP contribution in [0.15, 0.2) is 24.3 Å². The van der Waals surface area contributed by atoms with Gasteiger partial charge < -0.3 is 10.6 Å². The van der Waals surface area contributed by atoms with Crippen LogP contribution < -0.4 is 10.6 Å². The summed E-state index contributed by atoms with van der Waals surface area (Å²) in [4.78, 5) is 23.4. The fraction of sp³-hybridized carbons (Fsp3) is 0.467. The Bertz CT molecular complexity index is 556. The topological polar surface area (TPSA) is 75.3 Å². The quantitative estimate of drug-likeness (QED) is 0.833. The van der Waals surface area contributed by atoms with E-state index in [0.29, 0.717) is 5.69 Å². The zero-order chi connectivity index (χ0) is 15.9. The predicted octanol–water partition coefficient (Wildman–Crippen LogP) is 1.57. The van der Waals surface area contributed by atoms with Crippen LogP contribution in [0.1, 0.15) is 25.7 Å². The van der Waals surface area contributed by atoms with Gasteiger partial charge in [-0.3, -0.25) is 13.8 Å². The van der Waals surface area contributed by atoms with Crippen LogP contribution in [0.3, 0.4) is 0 Å². The van der Waals surface area contributed by atoms with Crippen LogP contribution in [-0.2, 0) is 20.4 Å². The maximum atomic E-state index is 12.7. The number of halogens is 1. The number of hydrogen-bond acceptors (Lipinski definition) is 3. The molecule has 0 aliphatic heterocycles. The highest BCUT2D eigenvalue weighted by Gasteiger charge is 2.19. The molecule has 0 heterocycles. The first-order valence-corrected chi connectivity index (χ1v) is 8.71. The molecule has 2 N–H and O–H groups in total. The Labute approximate surface area is 131 Å². The molecule has 5 nitrogen and oxygen atoms in total. The van der Waals surface area contributed by atoms with Crippen molar-refractivity contribution < 1.29 is 18.2 Å². The first-order chi connectivity index (χ1) is 10.5. The zero-order valence-corrected chi connectivity index (χ0v) is 13.0. The van der Waals surface area contributed by atoms with Crippen molar-refractivity contribution >= 4 is 28.3 Å². The fourth-order valence-electron chi connectivity index (χ4n) is 2.41. The third-order valence-electron chi connectivity index (χ3n) is 3.43. The summed E-state index contributed by atoms with van der Waals surface area (Å²) < 4.78 is 24.6. The molecule has 2 amide bonds. The van der Waals surface area contributed by atoms with Crippen molar-refractivity contribution in [2.24, 2.45) is 0 Å². The van der Waals surface area contributed by atoms with Gasteiger partial charge in [0.25, 0.3) is 0 Å². The van der Waals surface area contributed by atoms with Crippen LogP contribution in [0, 0.1) is 5.82 Å². The smallest absolute Gasteiger partial charge is 0.237 e. The van der Waals surface area contributed by atoms with E-state index in [1.54, 1.807) is 0 Å². The van der Waals surface area contributed by atoms with Crippen molar-refractivity contribution in [3.05, 3.63) is 30.1 Å². The lowest BCUT2D eigenvalue weighted by Gasteiger charge is -2.11. The van der Waals surface area contributed by atoms with Gasteiger partial charge >= 0.3 is 0 Å². The van der Waals surface area contributed by atoms with E-state index in [2.05, 4.69) is 10.6 Å². The average molecular weight is 326 g/mol. The second kappa shape index (κ2) is 8.03. The standard InChI is InChI=1S/C15H19FN2O3S/c16-11-5-7-13(8-6-11)18-15(20)10-22(21)9-14(19)17-12-3-1-2-4-12/h5-8,12H,1-4,9-10H2,(H,17,19)(H,18,20). The summed E-state index contributed by atoms with van der Waals surface area (Å²) >= 11 is 0. The minimum Gasteiger partial charge on any atom is -0.353 e. The number of carbonyl (C=O) groups is 2. The minimum absolute atomic E-state index is 0.173. The van der Waals surface area contributed by atoms with Crippen molar-refractivity contribution in [2.75, 3.05) is 16.8 Å². The van der Waals surface area contributed by atoms with Gasteiger partial charge in [0.2, 0.25) is 11.8 Å². The highest BCUT2D eigenvalue weighted by molar-refractivity contribution is 7.86. The fourth-order valence-corrected chi connectivity index (χ4v) is 3.26. The summed E-state index contributed by atoms with van der Waals surface area (Å²) in [5, 5.41) is 5.35. The maximum Gasteiger partial charge on any atom is 0.237 e. The van der Waals surface area contributed by atoms with E-state index in [9.17, 15) is 18.2 Å². The number of hydrogen-bond donors (Lipinski definition) is 2. The number of rotatable bonds is 6. The third kappa shape index (κ3) is 5.55. The monoisotopic (exact) mass is 326 g/mol. The summed E-state index contributed by atoms with van der Waals surface area (Å²) in [7, 11) is -1.56. The van der Waals surface area contributed by atoms with E-state index in [1.807, 2.05) is 0 Å². The third-order valence-corrected chi connectivity index (χ3v) is 4.60. The van der Waals surface area contributed by atoms with Gasteiger partial charge in [-0.25, -0.2) is 4.39 Å². The molecule has 22 heavy (non-hydrogen) atoms. The van der Waals surface area contributed by atoms with E-state index >= 15 is 0 Å². The molecule has 0 spiro atoms. The van der Waals surface area contributed by atoms with Gasteiger partial charge in [-0.1, -0.05) is 12.8 Å². The Morgan fingerprint density at radius 2 is 1.68 bits per heavy atom. The molecule has 0 aromatic heterocycles. The van der Waals surface area contributed by atoms with Crippen molar-refractivity contribution in [3.63, 3.8) is 0 Å². The highest BCUT2D eigenvalue weighted by atomic mass is 32.2. The number of nitrogens with one attached hydrogen (secondary N) is 2. The Morgan fingerprint density at radius 1 is 1.09 bits per heavy atom. The lowest BCUT2D eigenvalue weighted by molar-refractivity contribution is -0.119. The molecule has 1 saturated carbocycles. The molecule has 0 radical (unpaired) electrons. The lowest BCUT2D eigenvalue weighted by Crippen LogP contribution is -2.36. The van der Waals surface area contributed by atoms with Gasteiger partial charge in [0.1, 0.15) is 17.3 Å². The molecule has 1 aromatic rings. The number of carbonyl (C=O) groups excluding carboxylic acids is 2. The van der Waals surface area contributed by atoms with Gasteiger partial charge in [-0.15, -0.1) is 0 Å². The number of amides is 2. The van der Waals surface area contributed by atoms with Crippen molar-refractivity contribution in [1.29, 1.82) is 0 Å². The van der Waals surface area contributed by atoms with Gasteiger partial charge in [-0.05, 0) is 37.1 Å². The summed E-state index contributed by atoms with van der Waals surface area (Å²) in [5.74, 6) is -1.56. The Kier molecular flexibility index (Phi) is 6.06. The van der Waals surface area contributed by atoms with Crippen molar-refractivity contribution in [1.82, 2.24) is 5.32 Å². The first-order valence-electron chi connectivity index (χ1n) is 7.22. The van der Waals surface area contributed by atoms with E-state index in [-0.39, 0.29) is 23.5 Å². The minimum atomic E-state index is -1.56. The molecule has 1 fully saturated rings. The van der Waals surface area contributed by atoms with Crippen LogP contribution in [0.25, 0.3) is 0 Å². The maximum absolute atomic E-state index is 12.7. The highest BCUT2D eigenvalue weighted by Crippen LogP contribution is 2.17. The molecular weight excluding hydrogens is 307 g/mol. The van der Waals surface area contributed by atoms with Crippen molar-refractivity contribution in [2.45, 2.75) is 31.7 Å². The lowest BCUT2D eigenvalue weighted by atomic mass is 10.2. The summed E-state index contributed by atoms with van der Waals surface area (Å²) in [6.07, 6.45) is 4.13. The molecule has 1 aliphatic carbocycles. The van der Waals surface area contributed by atoms with Crippen LogP contribution >= 0.6 is 0 Å². The number of anilines is 1. The molecule has 0 saturated heterocycles.